The summed E-state index contributed by atoms with van der Waals surface area (Å²) in [6, 6.07) is 10.3. The van der Waals surface area contributed by atoms with E-state index in [0.717, 1.165) is 19.4 Å². The van der Waals surface area contributed by atoms with Crippen LogP contribution in [0, 0.1) is 0 Å². The van der Waals surface area contributed by atoms with Gasteiger partial charge in [0.15, 0.2) is 0 Å². The van der Waals surface area contributed by atoms with Crippen LogP contribution in [0.1, 0.15) is 23.2 Å². The first-order chi connectivity index (χ1) is 10.7. The number of nitrogens with one attached hydrogen (secondary N) is 2. The minimum Gasteiger partial charge on any atom is -0.423 e. The Bertz CT molecular complexity index is 663. The molecule has 0 aliphatic carbocycles. The van der Waals surface area contributed by atoms with E-state index in [1.165, 1.54) is 11.3 Å². The van der Waals surface area contributed by atoms with E-state index in [9.17, 15) is 9.59 Å². The van der Waals surface area contributed by atoms with Gasteiger partial charge in [0.1, 0.15) is 10.8 Å². The fraction of sp³-hybridized carbons (Fsp3) is 0.250. The van der Waals surface area contributed by atoms with Crippen LogP contribution >= 0.6 is 11.3 Å². The number of anilines is 1. The van der Waals surface area contributed by atoms with Gasteiger partial charge in [-0.1, -0.05) is 18.2 Å². The van der Waals surface area contributed by atoms with E-state index in [-0.39, 0.29) is 11.9 Å². The molecule has 2 heterocycles. The highest BCUT2D eigenvalue weighted by molar-refractivity contribution is 7.14. The molecule has 0 bridgehead atoms. The average Bonchev–Trinajstić information content (AvgIpc) is 3.19. The molecule has 0 spiro atoms. The van der Waals surface area contributed by atoms with Crippen LogP contribution in [0.25, 0.3) is 0 Å². The number of carbonyl (C=O) groups is 2. The van der Waals surface area contributed by atoms with Crippen molar-refractivity contribution < 1.29 is 14.3 Å². The lowest BCUT2D eigenvalue weighted by Gasteiger charge is -2.11. The molecule has 5 nitrogen and oxygen atoms in total. The number of amides is 1. The normalized spacial score (nSPS) is 17.2. The van der Waals surface area contributed by atoms with Crippen LogP contribution in [0.3, 0.4) is 0 Å². The van der Waals surface area contributed by atoms with Gasteiger partial charge in [-0.15, -0.1) is 11.3 Å². The number of thiophene rings is 1. The number of rotatable bonds is 4. The van der Waals surface area contributed by atoms with Crippen LogP contribution < -0.4 is 15.4 Å². The van der Waals surface area contributed by atoms with Gasteiger partial charge in [0.25, 0.3) is 0 Å². The molecule has 1 aliphatic heterocycles. The first-order valence-electron chi connectivity index (χ1n) is 7.13. The molecule has 0 radical (unpaired) electrons. The lowest BCUT2D eigenvalue weighted by Crippen LogP contribution is -2.35. The number of para-hydroxylation sites is 1. The monoisotopic (exact) mass is 316 g/mol. The molecule has 1 amide bonds. The van der Waals surface area contributed by atoms with Crippen LogP contribution in [0.4, 0.5) is 5.00 Å². The predicted octanol–water partition coefficient (Wildman–Crippen LogP) is 2.66. The third-order valence-corrected chi connectivity index (χ3v) is 4.28. The van der Waals surface area contributed by atoms with Crippen molar-refractivity contribution >= 4 is 28.2 Å². The van der Waals surface area contributed by atoms with Crippen LogP contribution in [-0.4, -0.2) is 24.5 Å². The summed E-state index contributed by atoms with van der Waals surface area (Å²) >= 11 is 1.31. The minimum absolute atomic E-state index is 0.103. The molecular formula is C16H16N2O3S. The summed E-state index contributed by atoms with van der Waals surface area (Å²) in [4.78, 5) is 24.3. The molecule has 1 fully saturated rings. The van der Waals surface area contributed by atoms with Gasteiger partial charge < -0.3 is 15.4 Å². The van der Waals surface area contributed by atoms with E-state index in [1.807, 2.05) is 6.07 Å². The van der Waals surface area contributed by atoms with Crippen molar-refractivity contribution in [2.24, 2.45) is 0 Å². The number of esters is 1. The summed E-state index contributed by atoms with van der Waals surface area (Å²) in [6.07, 6.45) is 1.81. The number of hydrogen-bond acceptors (Lipinski definition) is 5. The number of carbonyl (C=O) groups excluding carboxylic acids is 2. The van der Waals surface area contributed by atoms with Gasteiger partial charge in [-0.05, 0) is 43.0 Å². The Hall–Kier alpha value is -2.18. The molecule has 2 aromatic rings. The maximum Gasteiger partial charge on any atom is 0.346 e. The maximum atomic E-state index is 12.2. The summed E-state index contributed by atoms with van der Waals surface area (Å²) in [7, 11) is 0. The fourth-order valence-corrected chi connectivity index (χ4v) is 3.10. The summed E-state index contributed by atoms with van der Waals surface area (Å²) < 4.78 is 5.31. The Morgan fingerprint density at radius 1 is 1.23 bits per heavy atom. The predicted molar refractivity (Wildman–Crippen MR) is 85.4 cm³/mol. The molecule has 1 aromatic heterocycles. The number of hydrogen-bond donors (Lipinski definition) is 2. The van der Waals surface area contributed by atoms with Gasteiger partial charge in [-0.2, -0.15) is 0 Å². The largest absolute Gasteiger partial charge is 0.423 e. The second-order valence-electron chi connectivity index (χ2n) is 5.00. The van der Waals surface area contributed by atoms with Crippen molar-refractivity contribution in [3.63, 3.8) is 0 Å². The lowest BCUT2D eigenvalue weighted by molar-refractivity contribution is -0.117. The van der Waals surface area contributed by atoms with E-state index in [2.05, 4.69) is 10.6 Å². The second kappa shape index (κ2) is 6.72. The standard InChI is InChI=1S/C16H16N2O3S/c19-14(13-7-4-9-17-13)18-15-12(8-10-22-15)16(20)21-11-5-2-1-3-6-11/h1-3,5-6,8,10,13,17H,4,7,9H2,(H,18,19)/t13-/m0/s1. The van der Waals surface area contributed by atoms with Crippen LogP contribution in [0.5, 0.6) is 5.75 Å². The third-order valence-electron chi connectivity index (χ3n) is 3.45. The molecule has 1 atom stereocenters. The van der Waals surface area contributed by atoms with E-state index < -0.39 is 5.97 Å². The number of ether oxygens (including phenoxy) is 1. The van der Waals surface area contributed by atoms with Crippen molar-refractivity contribution in [1.29, 1.82) is 0 Å². The van der Waals surface area contributed by atoms with Crippen molar-refractivity contribution in [1.82, 2.24) is 5.32 Å². The van der Waals surface area contributed by atoms with Crippen LogP contribution in [0.2, 0.25) is 0 Å². The van der Waals surface area contributed by atoms with Crippen molar-refractivity contribution in [3.8, 4) is 5.75 Å². The molecule has 0 unspecified atom stereocenters. The summed E-state index contributed by atoms with van der Waals surface area (Å²) in [5.41, 5.74) is 0.375. The minimum atomic E-state index is -0.470. The Balaban J connectivity index is 1.68. The van der Waals surface area contributed by atoms with Gasteiger partial charge in [0, 0.05) is 0 Å². The topological polar surface area (TPSA) is 67.4 Å². The first-order valence-corrected chi connectivity index (χ1v) is 8.01. The van der Waals surface area contributed by atoms with Crippen LogP contribution in [0.15, 0.2) is 41.8 Å². The quantitative estimate of drug-likeness (QED) is 0.672. The zero-order chi connectivity index (χ0) is 15.4. The highest BCUT2D eigenvalue weighted by Gasteiger charge is 2.24. The maximum absolute atomic E-state index is 12.2. The zero-order valence-corrected chi connectivity index (χ0v) is 12.7. The van der Waals surface area contributed by atoms with Gasteiger partial charge in [0.2, 0.25) is 5.91 Å². The molecule has 1 aliphatic rings. The Morgan fingerprint density at radius 3 is 2.77 bits per heavy atom. The van der Waals surface area contributed by atoms with E-state index in [1.54, 1.807) is 35.7 Å². The number of benzene rings is 1. The summed E-state index contributed by atoms with van der Waals surface area (Å²) in [6.45, 7) is 0.853. The highest BCUT2D eigenvalue weighted by atomic mass is 32.1. The molecule has 6 heteroatoms. The second-order valence-corrected chi connectivity index (χ2v) is 5.92. The highest BCUT2D eigenvalue weighted by Crippen LogP contribution is 2.25. The molecule has 3 rings (SSSR count). The van der Waals surface area contributed by atoms with E-state index in [0.29, 0.717) is 16.3 Å². The summed E-state index contributed by atoms with van der Waals surface area (Å²) in [5, 5.41) is 8.24. The van der Waals surface area contributed by atoms with Gasteiger partial charge in [-0.25, -0.2) is 4.79 Å². The SMILES string of the molecule is O=C(Oc1ccccc1)c1ccsc1NC(=O)[C@@H]1CCCN1. The fourth-order valence-electron chi connectivity index (χ4n) is 2.32. The van der Waals surface area contributed by atoms with Gasteiger partial charge in [0.05, 0.1) is 11.6 Å². The lowest BCUT2D eigenvalue weighted by atomic mass is 10.2. The van der Waals surface area contributed by atoms with Crippen molar-refractivity contribution in [3.05, 3.63) is 47.3 Å². The zero-order valence-electron chi connectivity index (χ0n) is 11.9. The Kier molecular flexibility index (Phi) is 4.50. The van der Waals surface area contributed by atoms with Crippen molar-refractivity contribution in [2.45, 2.75) is 18.9 Å². The molecule has 114 valence electrons. The van der Waals surface area contributed by atoms with E-state index in [4.69, 9.17) is 4.74 Å². The van der Waals surface area contributed by atoms with Crippen molar-refractivity contribution in [2.75, 3.05) is 11.9 Å². The molecule has 2 N–H and O–H groups in total. The average molecular weight is 316 g/mol. The van der Waals surface area contributed by atoms with Gasteiger partial charge in [-0.3, -0.25) is 4.79 Å². The molecule has 1 aromatic carbocycles. The first kappa shape index (κ1) is 14.7. The molecule has 0 saturated carbocycles. The Morgan fingerprint density at radius 2 is 2.05 bits per heavy atom. The molecular weight excluding hydrogens is 300 g/mol. The van der Waals surface area contributed by atoms with Crippen LogP contribution in [-0.2, 0) is 4.79 Å². The smallest absolute Gasteiger partial charge is 0.346 e. The third kappa shape index (κ3) is 3.35. The molecule has 22 heavy (non-hydrogen) atoms. The van der Waals surface area contributed by atoms with E-state index >= 15 is 0 Å². The Labute approximate surface area is 132 Å². The van der Waals surface area contributed by atoms with Gasteiger partial charge >= 0.3 is 5.97 Å². The molecule has 1 saturated heterocycles. The summed E-state index contributed by atoms with van der Waals surface area (Å²) in [5.74, 6) is -0.0933.